The quantitative estimate of drug-likeness (QED) is 0.160. The zero-order valence-corrected chi connectivity index (χ0v) is 23.6. The number of hydrogen-bond donors (Lipinski definition) is 0. The van der Waals surface area contributed by atoms with Crippen LogP contribution < -0.4 is 14.2 Å². The first-order chi connectivity index (χ1) is 19.4. The molecule has 0 saturated heterocycles. The second-order valence-electron chi connectivity index (χ2n) is 8.94. The van der Waals surface area contributed by atoms with Gasteiger partial charge in [0, 0.05) is 34.2 Å². The number of furan rings is 1. The molecule has 0 bridgehead atoms. The average Bonchev–Trinajstić information content (AvgIpc) is 3.64. The number of methoxy groups -OCH3 is 2. The summed E-state index contributed by atoms with van der Waals surface area (Å²) in [6, 6.07) is 18.0. The third kappa shape index (κ3) is 5.36. The summed E-state index contributed by atoms with van der Waals surface area (Å²) in [5.41, 5.74) is 3.48. The minimum absolute atomic E-state index is 0.0734. The first-order valence-electron chi connectivity index (χ1n) is 12.1. The molecule has 0 radical (unpaired) electrons. The summed E-state index contributed by atoms with van der Waals surface area (Å²) < 4.78 is 24.7. The van der Waals surface area contributed by atoms with Crippen molar-refractivity contribution in [1.29, 1.82) is 0 Å². The Bertz CT molecular complexity index is 1830. The molecule has 3 heterocycles. The van der Waals surface area contributed by atoms with Crippen molar-refractivity contribution in [2.24, 2.45) is 0 Å². The van der Waals surface area contributed by atoms with Gasteiger partial charge in [-0.2, -0.15) is 0 Å². The Balaban J connectivity index is 1.23. The third-order valence-electron chi connectivity index (χ3n) is 6.20. The van der Waals surface area contributed by atoms with Gasteiger partial charge in [0.2, 0.25) is 4.96 Å². The molecule has 3 aromatic carbocycles. The fourth-order valence-corrected chi connectivity index (χ4v) is 5.55. The Labute approximate surface area is 242 Å². The topological polar surface area (TPSA) is 88.1 Å². The summed E-state index contributed by atoms with van der Waals surface area (Å²) in [5, 5.41) is 6.48. The van der Waals surface area contributed by atoms with E-state index in [1.165, 1.54) is 11.3 Å². The molecule has 0 aliphatic rings. The summed E-state index contributed by atoms with van der Waals surface area (Å²) in [6.07, 6.45) is 2.00. The van der Waals surface area contributed by atoms with Gasteiger partial charge in [0.05, 0.1) is 25.8 Å². The van der Waals surface area contributed by atoms with Crippen molar-refractivity contribution in [2.45, 2.75) is 13.0 Å². The number of ether oxygens (including phenoxy) is 3. The van der Waals surface area contributed by atoms with E-state index in [0.717, 1.165) is 16.5 Å². The molecule has 6 aromatic rings. The van der Waals surface area contributed by atoms with Crippen molar-refractivity contribution >= 4 is 56.3 Å². The van der Waals surface area contributed by atoms with Crippen LogP contribution in [0.2, 0.25) is 10.0 Å². The molecule has 0 N–H and O–H groups in total. The lowest BCUT2D eigenvalue weighted by atomic mass is 10.0. The van der Waals surface area contributed by atoms with E-state index in [9.17, 15) is 4.79 Å². The number of hydrogen-bond acceptors (Lipinski definition) is 8. The van der Waals surface area contributed by atoms with Crippen LogP contribution in [0.25, 0.3) is 27.4 Å². The highest BCUT2D eigenvalue weighted by atomic mass is 35.5. The molecule has 202 valence electrons. The predicted octanol–water partition coefficient (Wildman–Crippen LogP) is 7.53. The number of imidazole rings is 1. The number of carbonyl (C=O) groups excluding carboxylic acids is 1. The molecule has 8 nitrogen and oxygen atoms in total. The first-order valence-corrected chi connectivity index (χ1v) is 13.7. The van der Waals surface area contributed by atoms with Gasteiger partial charge >= 0.3 is 0 Å². The van der Waals surface area contributed by atoms with Crippen LogP contribution in [0.15, 0.2) is 71.3 Å². The van der Waals surface area contributed by atoms with Gasteiger partial charge in [-0.15, -0.1) is 5.10 Å². The number of fused-ring (bicyclic) bond motifs is 2. The number of nitrogens with zero attached hydrogens (tertiary/aromatic N) is 3. The van der Waals surface area contributed by atoms with E-state index in [-0.39, 0.29) is 18.8 Å². The normalized spacial score (nSPS) is 11.3. The molecule has 0 saturated carbocycles. The van der Waals surface area contributed by atoms with E-state index >= 15 is 0 Å². The highest BCUT2D eigenvalue weighted by Gasteiger charge is 2.17. The van der Waals surface area contributed by atoms with Gasteiger partial charge < -0.3 is 18.6 Å². The van der Waals surface area contributed by atoms with Gasteiger partial charge in [0.25, 0.3) is 5.19 Å². The summed E-state index contributed by atoms with van der Waals surface area (Å²) in [7, 11) is 3.16. The molecule has 6 rings (SSSR count). The average molecular weight is 594 g/mol. The van der Waals surface area contributed by atoms with Crippen molar-refractivity contribution in [3.05, 3.63) is 93.6 Å². The maximum Gasteiger partial charge on any atom is 0.294 e. The van der Waals surface area contributed by atoms with E-state index in [1.807, 2.05) is 36.4 Å². The van der Waals surface area contributed by atoms with Crippen molar-refractivity contribution in [3.8, 4) is 28.1 Å². The van der Waals surface area contributed by atoms with E-state index < -0.39 is 0 Å². The Morgan fingerprint density at radius 2 is 1.80 bits per heavy atom. The number of carbonyl (C=O) groups is 1. The summed E-state index contributed by atoms with van der Waals surface area (Å²) >= 11 is 13.5. The lowest BCUT2D eigenvalue weighted by molar-refractivity contribution is 0.0993. The second kappa shape index (κ2) is 10.8. The fraction of sp³-hybridized carbons (Fsp3) is 0.138. The standard InChI is InChI=1S/C29H21Cl2N3O5S/c1-36-21-11-25(22-13-27(39-26(22)12-21)23-14-34-28(32-23)40-29(33-34)37-2)38-15-17-5-3-4-16(6-17)7-24(35)18-8-19(30)10-20(31)9-18/h3-6,8-14H,7,15H2,1-2H3. The van der Waals surface area contributed by atoms with Crippen LogP contribution in [0.1, 0.15) is 21.5 Å². The van der Waals surface area contributed by atoms with Crippen LogP contribution in [0.4, 0.5) is 0 Å². The Hall–Kier alpha value is -4.05. The van der Waals surface area contributed by atoms with E-state index in [1.54, 1.807) is 49.2 Å². The highest BCUT2D eigenvalue weighted by molar-refractivity contribution is 7.18. The molecule has 0 aliphatic carbocycles. The van der Waals surface area contributed by atoms with E-state index in [0.29, 0.717) is 54.3 Å². The van der Waals surface area contributed by atoms with E-state index in [2.05, 4.69) is 10.1 Å². The van der Waals surface area contributed by atoms with Crippen LogP contribution in [0.3, 0.4) is 0 Å². The Morgan fingerprint density at radius 3 is 2.55 bits per heavy atom. The molecule has 0 amide bonds. The molecule has 0 spiro atoms. The minimum Gasteiger partial charge on any atom is -0.496 e. The number of aromatic nitrogens is 3. The van der Waals surface area contributed by atoms with Crippen LogP contribution in [-0.4, -0.2) is 34.6 Å². The van der Waals surface area contributed by atoms with Gasteiger partial charge in [-0.1, -0.05) is 47.5 Å². The maximum atomic E-state index is 12.8. The highest BCUT2D eigenvalue weighted by Crippen LogP contribution is 2.37. The lowest BCUT2D eigenvalue weighted by Gasteiger charge is -2.10. The van der Waals surface area contributed by atoms with Crippen LogP contribution in [-0.2, 0) is 13.0 Å². The Morgan fingerprint density at radius 1 is 1.00 bits per heavy atom. The summed E-state index contributed by atoms with van der Waals surface area (Å²) in [4.78, 5) is 18.1. The molecule has 0 aliphatic heterocycles. The lowest BCUT2D eigenvalue weighted by Crippen LogP contribution is -2.04. The summed E-state index contributed by atoms with van der Waals surface area (Å²) in [5.74, 6) is 1.70. The van der Waals surface area contributed by atoms with Crippen LogP contribution >= 0.6 is 34.5 Å². The molecule has 0 fully saturated rings. The zero-order chi connectivity index (χ0) is 27.8. The van der Waals surface area contributed by atoms with Crippen LogP contribution in [0.5, 0.6) is 16.7 Å². The largest absolute Gasteiger partial charge is 0.496 e. The van der Waals surface area contributed by atoms with E-state index in [4.69, 9.17) is 41.8 Å². The number of Topliss-reactive ketones (excluding diaryl/α,β-unsaturated/α-hetero) is 1. The van der Waals surface area contributed by atoms with Gasteiger partial charge in [0.15, 0.2) is 11.5 Å². The first kappa shape index (κ1) is 26.2. The molecule has 0 atom stereocenters. The van der Waals surface area contributed by atoms with Crippen LogP contribution in [0, 0.1) is 0 Å². The monoisotopic (exact) mass is 593 g/mol. The zero-order valence-electron chi connectivity index (χ0n) is 21.3. The number of ketones is 1. The molecular weight excluding hydrogens is 573 g/mol. The molecule has 0 unspecified atom stereocenters. The van der Waals surface area contributed by atoms with Crippen molar-refractivity contribution in [2.75, 3.05) is 14.2 Å². The fourth-order valence-electron chi connectivity index (χ4n) is 4.32. The van der Waals surface area contributed by atoms with Gasteiger partial charge in [-0.25, -0.2) is 9.50 Å². The maximum absolute atomic E-state index is 12.8. The van der Waals surface area contributed by atoms with Gasteiger partial charge in [-0.05, 0) is 46.7 Å². The van der Waals surface area contributed by atoms with Crippen molar-refractivity contribution in [1.82, 2.24) is 14.6 Å². The molecular formula is C29H21Cl2N3O5S. The Kier molecular flexibility index (Phi) is 7.10. The number of halogens is 2. The van der Waals surface area contributed by atoms with Crippen molar-refractivity contribution < 1.29 is 23.4 Å². The van der Waals surface area contributed by atoms with Crippen molar-refractivity contribution in [3.63, 3.8) is 0 Å². The third-order valence-corrected chi connectivity index (χ3v) is 7.52. The predicted molar refractivity (Wildman–Crippen MR) is 154 cm³/mol. The number of rotatable bonds is 9. The van der Waals surface area contributed by atoms with Gasteiger partial charge in [0.1, 0.15) is 29.4 Å². The number of benzene rings is 3. The molecule has 11 heteroatoms. The SMILES string of the molecule is COc1cc(OCc2cccc(CC(=O)c3cc(Cl)cc(Cl)c3)c2)c2cc(-c3cn4nc(OC)sc4n3)oc2c1. The smallest absolute Gasteiger partial charge is 0.294 e. The minimum atomic E-state index is -0.0734. The molecule has 3 aromatic heterocycles. The molecule has 40 heavy (non-hydrogen) atoms. The van der Waals surface area contributed by atoms with Gasteiger partial charge in [-0.3, -0.25) is 4.79 Å². The second-order valence-corrected chi connectivity index (χ2v) is 10.7. The summed E-state index contributed by atoms with van der Waals surface area (Å²) in [6.45, 7) is 0.276.